The fourth-order valence-electron chi connectivity index (χ4n) is 3.49. The number of fused-ring (bicyclic) bond motifs is 1. The summed E-state index contributed by atoms with van der Waals surface area (Å²) in [5, 5.41) is 13.0. The van der Waals surface area contributed by atoms with Crippen LogP contribution in [0.15, 0.2) is 77.7 Å². The van der Waals surface area contributed by atoms with Gasteiger partial charge in [-0.05, 0) is 23.3 Å². The minimum atomic E-state index is -0.931. The number of hydrogen-bond acceptors (Lipinski definition) is 6. The lowest BCUT2D eigenvalue weighted by molar-refractivity contribution is -0.711. The maximum Gasteiger partial charge on any atom is 0.299 e. The SMILES string of the molecule is O=C1CC(c2ccccc2)(c2ccc(O[N+](=O)[O-])cc2)Nc2cc(=O)ccn21. The first-order chi connectivity index (χ1) is 13.5. The van der Waals surface area contributed by atoms with E-state index in [0.717, 1.165) is 5.56 Å². The largest absolute Gasteiger partial charge is 0.357 e. The van der Waals surface area contributed by atoms with Crippen LogP contribution in [0.5, 0.6) is 5.75 Å². The molecule has 8 nitrogen and oxygen atoms in total. The van der Waals surface area contributed by atoms with E-state index in [4.69, 9.17) is 0 Å². The molecule has 0 radical (unpaired) electrons. The van der Waals surface area contributed by atoms with Gasteiger partial charge in [0.1, 0.15) is 11.6 Å². The zero-order valence-corrected chi connectivity index (χ0v) is 14.6. The number of carbonyl (C=O) groups is 1. The molecule has 1 aromatic heterocycles. The van der Waals surface area contributed by atoms with E-state index in [1.807, 2.05) is 30.3 Å². The number of nitrogens with one attached hydrogen (secondary N) is 1. The normalized spacial score (nSPS) is 18.1. The van der Waals surface area contributed by atoms with Crippen molar-refractivity contribution in [2.24, 2.45) is 0 Å². The van der Waals surface area contributed by atoms with Gasteiger partial charge in [0, 0.05) is 18.3 Å². The molecule has 0 aliphatic carbocycles. The van der Waals surface area contributed by atoms with Gasteiger partial charge in [0.25, 0.3) is 5.09 Å². The minimum Gasteiger partial charge on any atom is -0.357 e. The third kappa shape index (κ3) is 3.01. The van der Waals surface area contributed by atoms with E-state index in [9.17, 15) is 19.7 Å². The highest BCUT2D eigenvalue weighted by Crippen LogP contribution is 2.40. The van der Waals surface area contributed by atoms with Crippen molar-refractivity contribution < 1.29 is 14.7 Å². The molecule has 4 rings (SSSR count). The highest BCUT2D eigenvalue weighted by atomic mass is 17.0. The smallest absolute Gasteiger partial charge is 0.299 e. The summed E-state index contributed by atoms with van der Waals surface area (Å²) in [5.74, 6) is 0.289. The van der Waals surface area contributed by atoms with Crippen molar-refractivity contribution in [3.63, 3.8) is 0 Å². The number of nitrogens with zero attached hydrogens (tertiary/aromatic N) is 2. The average Bonchev–Trinajstić information content (AvgIpc) is 2.68. The summed E-state index contributed by atoms with van der Waals surface area (Å²) < 4.78 is 1.41. The fourth-order valence-corrected chi connectivity index (χ4v) is 3.49. The molecule has 1 N–H and O–H groups in total. The molecular formula is C20H15N3O5. The first kappa shape index (κ1) is 17.5. The highest BCUT2D eigenvalue weighted by Gasteiger charge is 2.41. The third-order valence-electron chi connectivity index (χ3n) is 4.75. The van der Waals surface area contributed by atoms with Crippen LogP contribution in [-0.2, 0) is 5.54 Å². The predicted octanol–water partition coefficient (Wildman–Crippen LogP) is 2.82. The maximum atomic E-state index is 12.9. The number of rotatable bonds is 4. The molecule has 140 valence electrons. The van der Waals surface area contributed by atoms with Gasteiger partial charge in [-0.25, -0.2) is 0 Å². The summed E-state index contributed by atoms with van der Waals surface area (Å²) in [7, 11) is 0. The molecule has 2 aromatic carbocycles. The van der Waals surface area contributed by atoms with Crippen LogP contribution >= 0.6 is 0 Å². The number of aromatic nitrogens is 1. The Morgan fingerprint density at radius 2 is 1.68 bits per heavy atom. The Balaban J connectivity index is 1.86. The monoisotopic (exact) mass is 377 g/mol. The van der Waals surface area contributed by atoms with Gasteiger partial charge in [-0.3, -0.25) is 19.0 Å². The van der Waals surface area contributed by atoms with Crippen LogP contribution in [0, 0.1) is 10.1 Å². The van der Waals surface area contributed by atoms with Gasteiger partial charge in [0.15, 0.2) is 5.43 Å². The average molecular weight is 377 g/mol. The lowest BCUT2D eigenvalue weighted by atomic mass is 9.78. The molecule has 0 amide bonds. The van der Waals surface area contributed by atoms with Crippen molar-refractivity contribution in [3.05, 3.63) is 104 Å². The molecule has 1 unspecified atom stereocenters. The Labute approximate surface area is 159 Å². The van der Waals surface area contributed by atoms with Crippen LogP contribution in [0.3, 0.4) is 0 Å². The van der Waals surface area contributed by atoms with Gasteiger partial charge >= 0.3 is 0 Å². The molecule has 3 aromatic rings. The quantitative estimate of drug-likeness (QED) is 0.554. The maximum absolute atomic E-state index is 12.9. The van der Waals surface area contributed by atoms with Gasteiger partial charge in [0.2, 0.25) is 5.91 Å². The Hall–Kier alpha value is -3.94. The Bertz CT molecular complexity index is 1110. The molecule has 0 spiro atoms. The Morgan fingerprint density at radius 3 is 2.36 bits per heavy atom. The van der Waals surface area contributed by atoms with Gasteiger partial charge < -0.3 is 5.32 Å². The van der Waals surface area contributed by atoms with Crippen LogP contribution in [0.4, 0.5) is 5.82 Å². The van der Waals surface area contributed by atoms with Crippen LogP contribution in [0.25, 0.3) is 0 Å². The summed E-state index contributed by atoms with van der Waals surface area (Å²) in [6, 6.07) is 18.4. The molecule has 0 saturated heterocycles. The summed E-state index contributed by atoms with van der Waals surface area (Å²) in [6.07, 6.45) is 1.55. The molecule has 0 fully saturated rings. The molecular weight excluding hydrogens is 362 g/mol. The second kappa shape index (κ2) is 6.66. The molecule has 2 heterocycles. The van der Waals surface area contributed by atoms with E-state index in [1.165, 1.54) is 35.0 Å². The van der Waals surface area contributed by atoms with Crippen molar-refractivity contribution in [2.75, 3.05) is 5.32 Å². The zero-order chi connectivity index (χ0) is 19.7. The molecule has 28 heavy (non-hydrogen) atoms. The molecule has 8 heteroatoms. The summed E-state index contributed by atoms with van der Waals surface area (Å²) in [6.45, 7) is 0. The molecule has 1 aliphatic heterocycles. The zero-order valence-electron chi connectivity index (χ0n) is 14.6. The summed E-state index contributed by atoms with van der Waals surface area (Å²) in [4.78, 5) is 39.7. The predicted molar refractivity (Wildman–Crippen MR) is 101 cm³/mol. The van der Waals surface area contributed by atoms with Gasteiger partial charge in [-0.1, -0.05) is 42.5 Å². The van der Waals surface area contributed by atoms with Crippen molar-refractivity contribution in [2.45, 2.75) is 12.0 Å². The van der Waals surface area contributed by atoms with Crippen molar-refractivity contribution in [1.82, 2.24) is 4.57 Å². The number of anilines is 1. The van der Waals surface area contributed by atoms with Crippen LogP contribution in [0.2, 0.25) is 0 Å². The van der Waals surface area contributed by atoms with Crippen molar-refractivity contribution in [3.8, 4) is 5.75 Å². The third-order valence-corrected chi connectivity index (χ3v) is 4.75. The summed E-state index contributed by atoms with van der Waals surface area (Å²) in [5.41, 5.74) is 0.392. The van der Waals surface area contributed by atoms with E-state index >= 15 is 0 Å². The van der Waals surface area contributed by atoms with Crippen LogP contribution in [-0.4, -0.2) is 15.6 Å². The standard InChI is InChI=1S/C20H15N3O5/c24-16-10-11-22-18(12-16)21-20(13-19(22)25,14-4-2-1-3-5-14)15-6-8-17(9-7-15)28-23(26)27/h1-12,21H,13H2. The Kier molecular flexibility index (Phi) is 4.15. The van der Waals surface area contributed by atoms with Gasteiger partial charge in [-0.2, -0.15) is 0 Å². The van der Waals surface area contributed by atoms with Gasteiger partial charge in [-0.15, -0.1) is 10.1 Å². The van der Waals surface area contributed by atoms with Crippen molar-refractivity contribution in [1.29, 1.82) is 0 Å². The van der Waals surface area contributed by atoms with E-state index in [1.54, 1.807) is 12.1 Å². The minimum absolute atomic E-state index is 0.0794. The first-order valence-corrected chi connectivity index (χ1v) is 8.50. The molecule has 1 aliphatic rings. The van der Waals surface area contributed by atoms with E-state index < -0.39 is 10.6 Å². The van der Waals surface area contributed by atoms with Crippen LogP contribution in [0.1, 0.15) is 22.3 Å². The second-order valence-electron chi connectivity index (χ2n) is 6.42. The number of hydrogen-bond donors (Lipinski definition) is 1. The van der Waals surface area contributed by atoms with Crippen molar-refractivity contribution >= 4 is 11.7 Å². The Morgan fingerprint density at radius 1 is 1.00 bits per heavy atom. The van der Waals surface area contributed by atoms with E-state index in [0.29, 0.717) is 11.4 Å². The highest BCUT2D eigenvalue weighted by molar-refractivity contribution is 5.87. The number of pyridine rings is 1. The van der Waals surface area contributed by atoms with Crippen LogP contribution < -0.4 is 15.6 Å². The molecule has 1 atom stereocenters. The summed E-state index contributed by atoms with van der Waals surface area (Å²) >= 11 is 0. The number of benzene rings is 2. The molecule has 0 saturated carbocycles. The lowest BCUT2D eigenvalue weighted by Crippen LogP contribution is -2.45. The fraction of sp³-hybridized carbons (Fsp3) is 0.100. The number of carbonyl (C=O) groups excluding carboxylic acids is 1. The lowest BCUT2D eigenvalue weighted by Gasteiger charge is -2.40. The second-order valence-corrected chi connectivity index (χ2v) is 6.42. The molecule has 0 bridgehead atoms. The topological polar surface area (TPSA) is 103 Å². The van der Waals surface area contributed by atoms with Gasteiger partial charge in [0.05, 0.1) is 12.0 Å². The first-order valence-electron chi connectivity index (χ1n) is 8.50. The van der Waals surface area contributed by atoms with E-state index in [-0.39, 0.29) is 23.5 Å². The van der Waals surface area contributed by atoms with E-state index in [2.05, 4.69) is 10.2 Å².